The standard InChI is InChI=1S/C18H23N3O3/c1-18(2,19)16-15(11-24-20-16)17(22)21-8-4-5-12-9-14(23-3)7-6-13(12)10-21/h6-7,9,11H,4-5,8,10,19H2,1-3H3. The summed E-state index contributed by atoms with van der Waals surface area (Å²) in [5, 5.41) is 3.93. The van der Waals surface area contributed by atoms with Crippen LogP contribution in [0.2, 0.25) is 0 Å². The van der Waals surface area contributed by atoms with Gasteiger partial charge in [-0.15, -0.1) is 0 Å². The third kappa shape index (κ3) is 3.14. The second-order valence-corrected chi connectivity index (χ2v) is 6.76. The van der Waals surface area contributed by atoms with Crippen LogP contribution in [-0.2, 0) is 18.5 Å². The summed E-state index contributed by atoms with van der Waals surface area (Å²) in [6.45, 7) is 4.87. The van der Waals surface area contributed by atoms with Crippen LogP contribution in [0.3, 0.4) is 0 Å². The number of hydrogen-bond donors (Lipinski definition) is 1. The van der Waals surface area contributed by atoms with Crippen LogP contribution >= 0.6 is 0 Å². The number of benzene rings is 1. The first kappa shape index (κ1) is 16.5. The van der Waals surface area contributed by atoms with Crippen LogP contribution in [0.4, 0.5) is 0 Å². The molecule has 0 bridgehead atoms. The first-order valence-corrected chi connectivity index (χ1v) is 8.09. The number of aromatic nitrogens is 1. The van der Waals surface area contributed by atoms with Crippen molar-refractivity contribution in [3.05, 3.63) is 46.8 Å². The number of amides is 1. The Balaban J connectivity index is 1.87. The van der Waals surface area contributed by atoms with E-state index in [4.69, 9.17) is 15.0 Å². The minimum Gasteiger partial charge on any atom is -0.497 e. The van der Waals surface area contributed by atoms with Crippen LogP contribution in [0.25, 0.3) is 0 Å². The zero-order valence-electron chi connectivity index (χ0n) is 14.3. The number of methoxy groups -OCH3 is 1. The number of nitrogens with two attached hydrogens (primary N) is 1. The van der Waals surface area contributed by atoms with Gasteiger partial charge in [0.25, 0.3) is 5.91 Å². The summed E-state index contributed by atoms with van der Waals surface area (Å²) in [5.41, 5.74) is 8.69. The zero-order chi connectivity index (χ0) is 17.3. The smallest absolute Gasteiger partial charge is 0.259 e. The monoisotopic (exact) mass is 329 g/mol. The molecule has 2 heterocycles. The molecule has 0 saturated carbocycles. The molecule has 1 amide bonds. The Labute approximate surface area is 141 Å². The maximum Gasteiger partial charge on any atom is 0.259 e. The first-order valence-electron chi connectivity index (χ1n) is 8.09. The van der Waals surface area contributed by atoms with Gasteiger partial charge in [-0.05, 0) is 49.9 Å². The fourth-order valence-corrected chi connectivity index (χ4v) is 3.06. The second-order valence-electron chi connectivity index (χ2n) is 6.76. The van der Waals surface area contributed by atoms with E-state index in [0.717, 1.165) is 24.2 Å². The largest absolute Gasteiger partial charge is 0.497 e. The summed E-state index contributed by atoms with van der Waals surface area (Å²) in [6.07, 6.45) is 3.22. The van der Waals surface area contributed by atoms with Gasteiger partial charge >= 0.3 is 0 Å². The summed E-state index contributed by atoms with van der Waals surface area (Å²) in [6, 6.07) is 6.01. The van der Waals surface area contributed by atoms with Crippen LogP contribution in [0.5, 0.6) is 5.75 Å². The molecule has 1 aliphatic heterocycles. The molecule has 24 heavy (non-hydrogen) atoms. The number of aryl methyl sites for hydroxylation is 1. The minimum atomic E-state index is -0.727. The number of nitrogens with zero attached hydrogens (tertiary/aromatic N) is 2. The van der Waals surface area contributed by atoms with E-state index in [2.05, 4.69) is 11.2 Å². The van der Waals surface area contributed by atoms with E-state index in [1.165, 1.54) is 11.8 Å². The van der Waals surface area contributed by atoms with E-state index >= 15 is 0 Å². The summed E-state index contributed by atoms with van der Waals surface area (Å²) < 4.78 is 10.3. The van der Waals surface area contributed by atoms with Crippen LogP contribution in [-0.4, -0.2) is 29.6 Å². The number of fused-ring (bicyclic) bond motifs is 1. The molecule has 0 unspecified atom stereocenters. The molecule has 0 fully saturated rings. The number of carbonyl (C=O) groups is 1. The average Bonchev–Trinajstić information content (AvgIpc) is 2.95. The highest BCUT2D eigenvalue weighted by atomic mass is 16.5. The fourth-order valence-electron chi connectivity index (χ4n) is 3.06. The van der Waals surface area contributed by atoms with Gasteiger partial charge in [-0.2, -0.15) is 0 Å². The lowest BCUT2D eigenvalue weighted by Gasteiger charge is -2.23. The lowest BCUT2D eigenvalue weighted by Crippen LogP contribution is -2.35. The van der Waals surface area contributed by atoms with Gasteiger partial charge in [-0.3, -0.25) is 4.79 Å². The van der Waals surface area contributed by atoms with Crippen LogP contribution in [0.1, 0.15) is 47.4 Å². The predicted octanol–water partition coefficient (Wildman–Crippen LogP) is 2.47. The molecule has 0 saturated heterocycles. The van der Waals surface area contributed by atoms with Crippen molar-refractivity contribution in [1.82, 2.24) is 10.1 Å². The molecule has 6 heteroatoms. The van der Waals surface area contributed by atoms with Crippen LogP contribution < -0.4 is 10.5 Å². The van der Waals surface area contributed by atoms with E-state index in [1.54, 1.807) is 7.11 Å². The fraction of sp³-hybridized carbons (Fsp3) is 0.444. The van der Waals surface area contributed by atoms with E-state index in [1.807, 2.05) is 30.9 Å². The van der Waals surface area contributed by atoms with Gasteiger partial charge < -0.3 is 19.9 Å². The van der Waals surface area contributed by atoms with Crippen molar-refractivity contribution in [1.29, 1.82) is 0 Å². The molecule has 3 rings (SSSR count). The SMILES string of the molecule is COc1ccc2c(c1)CCCN(C(=O)c1conc1C(C)(C)N)C2. The van der Waals surface area contributed by atoms with Gasteiger partial charge in [0.15, 0.2) is 0 Å². The van der Waals surface area contributed by atoms with Gasteiger partial charge in [-0.1, -0.05) is 11.2 Å². The Morgan fingerprint density at radius 2 is 2.17 bits per heavy atom. The molecule has 1 aromatic heterocycles. The predicted molar refractivity (Wildman–Crippen MR) is 89.8 cm³/mol. The lowest BCUT2D eigenvalue weighted by molar-refractivity contribution is 0.0742. The Morgan fingerprint density at radius 1 is 1.38 bits per heavy atom. The van der Waals surface area contributed by atoms with Gasteiger partial charge in [0.2, 0.25) is 0 Å². The van der Waals surface area contributed by atoms with Crippen molar-refractivity contribution in [2.75, 3.05) is 13.7 Å². The highest BCUT2D eigenvalue weighted by Crippen LogP contribution is 2.26. The van der Waals surface area contributed by atoms with E-state index < -0.39 is 5.54 Å². The molecule has 2 aromatic rings. The molecule has 0 spiro atoms. The molecular formula is C18H23N3O3. The Kier molecular flexibility index (Phi) is 4.32. The minimum absolute atomic E-state index is 0.0894. The van der Waals surface area contributed by atoms with Gasteiger partial charge in [0.1, 0.15) is 23.3 Å². The third-order valence-corrected chi connectivity index (χ3v) is 4.35. The van der Waals surface area contributed by atoms with Gasteiger partial charge in [-0.25, -0.2) is 0 Å². The zero-order valence-corrected chi connectivity index (χ0v) is 14.3. The van der Waals surface area contributed by atoms with Crippen LogP contribution in [0, 0.1) is 0 Å². The Bertz CT molecular complexity index is 746. The van der Waals surface area contributed by atoms with Crippen molar-refractivity contribution < 1.29 is 14.1 Å². The summed E-state index contributed by atoms with van der Waals surface area (Å²) in [4.78, 5) is 14.8. The maximum absolute atomic E-state index is 13.0. The molecule has 2 N–H and O–H groups in total. The molecule has 0 aliphatic carbocycles. The van der Waals surface area contributed by atoms with Crippen molar-refractivity contribution in [3.8, 4) is 5.75 Å². The summed E-state index contributed by atoms with van der Waals surface area (Å²) in [5.74, 6) is 0.758. The molecule has 0 radical (unpaired) electrons. The van der Waals surface area contributed by atoms with Gasteiger partial charge in [0.05, 0.1) is 12.6 Å². The molecule has 1 aromatic carbocycles. The lowest BCUT2D eigenvalue weighted by atomic mass is 9.98. The second kappa shape index (κ2) is 6.28. The summed E-state index contributed by atoms with van der Waals surface area (Å²) >= 11 is 0. The molecule has 0 atom stereocenters. The number of carbonyl (C=O) groups excluding carboxylic acids is 1. The van der Waals surface area contributed by atoms with Crippen LogP contribution in [0.15, 0.2) is 29.0 Å². The van der Waals surface area contributed by atoms with Crippen molar-refractivity contribution >= 4 is 5.91 Å². The van der Waals surface area contributed by atoms with Crippen molar-refractivity contribution in [3.63, 3.8) is 0 Å². The maximum atomic E-state index is 13.0. The summed E-state index contributed by atoms with van der Waals surface area (Å²) in [7, 11) is 1.66. The number of ether oxygens (including phenoxy) is 1. The molecular weight excluding hydrogens is 306 g/mol. The third-order valence-electron chi connectivity index (χ3n) is 4.35. The quantitative estimate of drug-likeness (QED) is 0.935. The normalized spacial score (nSPS) is 14.9. The highest BCUT2D eigenvalue weighted by Gasteiger charge is 2.30. The van der Waals surface area contributed by atoms with Crippen molar-refractivity contribution in [2.45, 2.75) is 38.8 Å². The topological polar surface area (TPSA) is 81.6 Å². The Hall–Kier alpha value is -2.34. The first-order chi connectivity index (χ1) is 11.4. The number of hydrogen-bond acceptors (Lipinski definition) is 5. The average molecular weight is 329 g/mol. The number of rotatable bonds is 3. The molecule has 6 nitrogen and oxygen atoms in total. The Morgan fingerprint density at radius 3 is 2.88 bits per heavy atom. The van der Waals surface area contributed by atoms with Crippen molar-refractivity contribution in [2.24, 2.45) is 5.73 Å². The van der Waals surface area contributed by atoms with E-state index in [0.29, 0.717) is 24.3 Å². The molecule has 128 valence electrons. The van der Waals surface area contributed by atoms with E-state index in [9.17, 15) is 4.79 Å². The highest BCUT2D eigenvalue weighted by molar-refractivity contribution is 5.95. The van der Waals surface area contributed by atoms with Gasteiger partial charge in [0, 0.05) is 13.1 Å². The van der Waals surface area contributed by atoms with E-state index in [-0.39, 0.29) is 5.91 Å². The molecule has 1 aliphatic rings.